The second-order valence-electron chi connectivity index (χ2n) is 7.80. The number of amides is 3. The molecule has 0 bridgehead atoms. The number of para-hydroxylation sites is 2. The molecule has 0 radical (unpaired) electrons. The number of fused-ring (bicyclic) bond motifs is 1. The lowest BCUT2D eigenvalue weighted by atomic mass is 10.1. The van der Waals surface area contributed by atoms with Crippen molar-refractivity contribution < 1.29 is 9.59 Å². The van der Waals surface area contributed by atoms with Gasteiger partial charge >= 0.3 is 11.7 Å². The maximum atomic E-state index is 12.9. The Hall–Kier alpha value is -2.77. The van der Waals surface area contributed by atoms with Gasteiger partial charge in [0.2, 0.25) is 5.91 Å². The van der Waals surface area contributed by atoms with Crippen LogP contribution in [0.5, 0.6) is 0 Å². The molecule has 3 heterocycles. The van der Waals surface area contributed by atoms with Gasteiger partial charge in [-0.2, -0.15) is 0 Å². The Labute approximate surface area is 170 Å². The largest absolute Gasteiger partial charge is 0.338 e. The number of piperidine rings is 1. The first-order valence-corrected chi connectivity index (χ1v) is 10.6. The summed E-state index contributed by atoms with van der Waals surface area (Å²) in [6, 6.07) is 7.67. The summed E-state index contributed by atoms with van der Waals surface area (Å²) in [6.45, 7) is 6.33. The highest BCUT2D eigenvalue weighted by Crippen LogP contribution is 2.15. The minimum Gasteiger partial charge on any atom is -0.338 e. The molecule has 2 aromatic rings. The van der Waals surface area contributed by atoms with Crippen LogP contribution in [0.3, 0.4) is 0 Å². The molecule has 0 N–H and O–H groups in total. The van der Waals surface area contributed by atoms with Gasteiger partial charge in [-0.3, -0.25) is 13.9 Å². The number of rotatable bonds is 3. The average Bonchev–Trinajstić information content (AvgIpc) is 3.04. The average molecular weight is 399 g/mol. The normalized spacial score (nSPS) is 17.8. The number of aromatic nitrogens is 2. The highest BCUT2D eigenvalue weighted by atomic mass is 16.2. The van der Waals surface area contributed by atoms with Gasteiger partial charge in [-0.25, -0.2) is 9.59 Å². The molecule has 29 heavy (non-hydrogen) atoms. The van der Waals surface area contributed by atoms with Crippen molar-refractivity contribution in [2.75, 3.05) is 39.3 Å². The fourth-order valence-electron chi connectivity index (χ4n) is 4.40. The number of carbonyl (C=O) groups excluding carboxylic acids is 2. The van der Waals surface area contributed by atoms with Crippen molar-refractivity contribution in [3.05, 3.63) is 34.7 Å². The minimum absolute atomic E-state index is 0.0341. The van der Waals surface area contributed by atoms with Gasteiger partial charge in [0.15, 0.2) is 0 Å². The first-order valence-electron chi connectivity index (χ1n) is 10.6. The number of hydrogen-bond donors (Lipinski definition) is 0. The predicted octanol–water partition coefficient (Wildman–Crippen LogP) is 1.57. The Morgan fingerprint density at radius 1 is 0.793 bits per heavy atom. The molecule has 2 fully saturated rings. The topological polar surface area (TPSA) is 70.8 Å². The smallest absolute Gasteiger partial charge is 0.329 e. The molecule has 1 aromatic carbocycles. The van der Waals surface area contributed by atoms with E-state index in [0.29, 0.717) is 32.7 Å². The molecule has 2 aliphatic heterocycles. The van der Waals surface area contributed by atoms with E-state index in [9.17, 15) is 14.4 Å². The van der Waals surface area contributed by atoms with Crippen molar-refractivity contribution in [1.82, 2.24) is 23.8 Å². The zero-order valence-corrected chi connectivity index (χ0v) is 17.0. The lowest BCUT2D eigenvalue weighted by Crippen LogP contribution is -2.55. The van der Waals surface area contributed by atoms with Crippen LogP contribution in [0, 0.1) is 0 Å². The number of hydrogen-bond acceptors (Lipinski definition) is 3. The lowest BCUT2D eigenvalue weighted by Gasteiger charge is -2.38. The fraction of sp³-hybridized carbons (Fsp3) is 0.571. The molecular formula is C21H29N5O3. The summed E-state index contributed by atoms with van der Waals surface area (Å²) < 4.78 is 3.25. The highest BCUT2D eigenvalue weighted by molar-refractivity contribution is 5.81. The van der Waals surface area contributed by atoms with E-state index < -0.39 is 0 Å². The van der Waals surface area contributed by atoms with E-state index in [1.54, 1.807) is 14.0 Å². The van der Waals surface area contributed by atoms with E-state index in [0.717, 1.165) is 37.0 Å². The van der Waals surface area contributed by atoms with Crippen LogP contribution in [-0.4, -0.2) is 75.0 Å². The molecule has 2 saturated heterocycles. The van der Waals surface area contributed by atoms with Crippen molar-refractivity contribution in [3.8, 4) is 0 Å². The molecule has 8 heteroatoms. The second kappa shape index (κ2) is 8.31. The Morgan fingerprint density at radius 2 is 1.34 bits per heavy atom. The summed E-state index contributed by atoms with van der Waals surface area (Å²) in [6.07, 6.45) is 3.34. The molecule has 0 spiro atoms. The van der Waals surface area contributed by atoms with Gasteiger partial charge in [-0.15, -0.1) is 0 Å². The van der Waals surface area contributed by atoms with Gasteiger partial charge in [0.25, 0.3) is 0 Å². The van der Waals surface area contributed by atoms with E-state index in [-0.39, 0.29) is 24.2 Å². The highest BCUT2D eigenvalue weighted by Gasteiger charge is 2.28. The second-order valence-corrected chi connectivity index (χ2v) is 7.80. The molecule has 8 nitrogen and oxygen atoms in total. The van der Waals surface area contributed by atoms with E-state index in [2.05, 4.69) is 0 Å². The third-order valence-corrected chi connectivity index (χ3v) is 6.06. The number of carbonyl (C=O) groups is 2. The summed E-state index contributed by atoms with van der Waals surface area (Å²) in [5, 5.41) is 0. The number of nitrogens with zero attached hydrogens (tertiary/aromatic N) is 5. The number of urea groups is 1. The third-order valence-electron chi connectivity index (χ3n) is 6.06. The number of piperazine rings is 1. The van der Waals surface area contributed by atoms with Gasteiger partial charge in [-0.1, -0.05) is 12.1 Å². The lowest BCUT2D eigenvalue weighted by molar-refractivity contribution is -0.133. The van der Waals surface area contributed by atoms with E-state index in [1.807, 2.05) is 41.0 Å². The van der Waals surface area contributed by atoms with Crippen LogP contribution in [0.25, 0.3) is 11.0 Å². The quantitative estimate of drug-likeness (QED) is 0.787. The number of likely N-dealkylation sites (tertiary alicyclic amines) is 1. The fourth-order valence-corrected chi connectivity index (χ4v) is 4.40. The molecule has 2 aliphatic rings. The summed E-state index contributed by atoms with van der Waals surface area (Å²) in [5.74, 6) is -0.0730. The van der Waals surface area contributed by atoms with Crippen molar-refractivity contribution in [1.29, 1.82) is 0 Å². The van der Waals surface area contributed by atoms with E-state index in [1.165, 1.54) is 6.42 Å². The Morgan fingerprint density at radius 3 is 1.97 bits per heavy atom. The molecule has 0 aliphatic carbocycles. The SMILES string of the molecule is CCn1c(=O)n(CC(=O)N2CCN(C(=O)N3CCCCC3)CC2)c2ccccc21. The number of aryl methyl sites for hydroxylation is 1. The van der Waals surface area contributed by atoms with Crippen LogP contribution in [0.1, 0.15) is 26.2 Å². The standard InChI is InChI=1S/C21H29N5O3/c1-2-25-17-8-4-5-9-18(17)26(21(25)29)16-19(27)22-12-14-24(15-13-22)20(28)23-10-6-3-7-11-23/h4-5,8-9H,2-3,6-7,10-16H2,1H3. The van der Waals surface area contributed by atoms with Crippen LogP contribution in [-0.2, 0) is 17.9 Å². The molecule has 1 aromatic heterocycles. The Bertz CT molecular complexity index is 949. The van der Waals surface area contributed by atoms with Crippen LogP contribution >= 0.6 is 0 Å². The van der Waals surface area contributed by atoms with Crippen molar-refractivity contribution >= 4 is 23.0 Å². The first kappa shape index (κ1) is 19.5. The van der Waals surface area contributed by atoms with Gasteiger partial charge in [0.05, 0.1) is 11.0 Å². The minimum atomic E-state index is -0.152. The van der Waals surface area contributed by atoms with Crippen LogP contribution in [0.2, 0.25) is 0 Å². The maximum Gasteiger partial charge on any atom is 0.329 e. The Balaban J connectivity index is 1.41. The van der Waals surface area contributed by atoms with Crippen molar-refractivity contribution in [2.45, 2.75) is 39.3 Å². The van der Waals surface area contributed by atoms with Gasteiger partial charge < -0.3 is 14.7 Å². The van der Waals surface area contributed by atoms with Gasteiger partial charge in [0, 0.05) is 45.8 Å². The summed E-state index contributed by atoms with van der Waals surface area (Å²) >= 11 is 0. The number of benzene rings is 1. The summed E-state index contributed by atoms with van der Waals surface area (Å²) in [7, 11) is 0. The molecular weight excluding hydrogens is 370 g/mol. The molecule has 156 valence electrons. The van der Waals surface area contributed by atoms with Crippen LogP contribution in [0.15, 0.2) is 29.1 Å². The van der Waals surface area contributed by atoms with E-state index >= 15 is 0 Å². The summed E-state index contributed by atoms with van der Waals surface area (Å²) in [4.78, 5) is 43.8. The van der Waals surface area contributed by atoms with Crippen LogP contribution < -0.4 is 5.69 Å². The molecule has 3 amide bonds. The van der Waals surface area contributed by atoms with Crippen LogP contribution in [0.4, 0.5) is 4.79 Å². The van der Waals surface area contributed by atoms with Gasteiger partial charge in [-0.05, 0) is 38.3 Å². The van der Waals surface area contributed by atoms with Crippen molar-refractivity contribution in [2.24, 2.45) is 0 Å². The van der Waals surface area contributed by atoms with E-state index in [4.69, 9.17) is 0 Å². The summed E-state index contributed by atoms with van der Waals surface area (Å²) in [5.41, 5.74) is 1.48. The molecule has 0 saturated carbocycles. The zero-order valence-electron chi connectivity index (χ0n) is 17.0. The predicted molar refractivity (Wildman–Crippen MR) is 111 cm³/mol. The zero-order chi connectivity index (χ0) is 20.4. The molecule has 0 unspecified atom stereocenters. The number of imidazole rings is 1. The molecule has 0 atom stereocenters. The first-order chi connectivity index (χ1) is 14.1. The molecule has 4 rings (SSSR count). The van der Waals surface area contributed by atoms with Gasteiger partial charge in [0.1, 0.15) is 6.54 Å². The van der Waals surface area contributed by atoms with Crippen molar-refractivity contribution in [3.63, 3.8) is 0 Å². The third kappa shape index (κ3) is 3.75. The monoisotopic (exact) mass is 399 g/mol. The Kier molecular flexibility index (Phi) is 5.60. The maximum absolute atomic E-state index is 12.9.